The van der Waals surface area contributed by atoms with Crippen LogP contribution in [0.15, 0.2) is 60.7 Å². The van der Waals surface area contributed by atoms with Crippen molar-refractivity contribution in [1.82, 2.24) is 0 Å². The highest BCUT2D eigenvalue weighted by Gasteiger charge is 2.22. The third-order valence-electron chi connectivity index (χ3n) is 4.80. The van der Waals surface area contributed by atoms with Crippen LogP contribution in [0.3, 0.4) is 0 Å². The van der Waals surface area contributed by atoms with E-state index in [0.29, 0.717) is 5.92 Å². The van der Waals surface area contributed by atoms with Crippen LogP contribution >= 0.6 is 11.3 Å². The monoisotopic (exact) mass is 330 g/mol. The zero-order chi connectivity index (χ0) is 16.5. The van der Waals surface area contributed by atoms with Gasteiger partial charge in [0, 0.05) is 15.7 Å². The van der Waals surface area contributed by atoms with Gasteiger partial charge in [-0.15, -0.1) is 11.3 Å². The normalized spacial score (nSPS) is 15.7. The highest BCUT2D eigenvalue weighted by Crippen LogP contribution is 2.42. The maximum atomic E-state index is 2.35. The smallest absolute Gasteiger partial charge is 0.0373 e. The fraction of sp³-hybridized carbons (Fsp3) is 0.217. The Morgan fingerprint density at radius 3 is 2.50 bits per heavy atom. The molecule has 0 fully saturated rings. The zero-order valence-corrected chi connectivity index (χ0v) is 15.1. The Morgan fingerprint density at radius 1 is 0.958 bits per heavy atom. The molecule has 24 heavy (non-hydrogen) atoms. The van der Waals surface area contributed by atoms with Crippen LogP contribution in [0, 0.1) is 6.92 Å². The molecule has 0 amide bonds. The summed E-state index contributed by atoms with van der Waals surface area (Å²) in [7, 11) is 0. The quantitative estimate of drug-likeness (QED) is 0.491. The van der Waals surface area contributed by atoms with E-state index in [2.05, 4.69) is 80.6 Å². The number of allylic oxidation sites excluding steroid dienone is 1. The van der Waals surface area contributed by atoms with Gasteiger partial charge >= 0.3 is 0 Å². The predicted molar refractivity (Wildman–Crippen MR) is 106 cm³/mol. The first-order valence-corrected chi connectivity index (χ1v) is 9.54. The molecule has 0 N–H and O–H groups in total. The van der Waals surface area contributed by atoms with Gasteiger partial charge in [0.05, 0.1) is 0 Å². The lowest BCUT2D eigenvalue weighted by molar-refractivity contribution is 0.922. The van der Waals surface area contributed by atoms with Crippen molar-refractivity contribution < 1.29 is 0 Å². The van der Waals surface area contributed by atoms with Crippen molar-refractivity contribution in [3.8, 4) is 11.1 Å². The van der Waals surface area contributed by atoms with Crippen LogP contribution in [0.1, 0.15) is 45.7 Å². The Hall–Kier alpha value is -2.12. The Morgan fingerprint density at radius 2 is 1.79 bits per heavy atom. The first-order valence-electron chi connectivity index (χ1n) is 8.73. The van der Waals surface area contributed by atoms with Gasteiger partial charge < -0.3 is 0 Å². The van der Waals surface area contributed by atoms with Crippen molar-refractivity contribution in [3.63, 3.8) is 0 Å². The molecule has 0 spiro atoms. The van der Waals surface area contributed by atoms with E-state index in [1.165, 1.54) is 44.0 Å². The molecule has 120 valence electrons. The van der Waals surface area contributed by atoms with Crippen molar-refractivity contribution in [2.45, 2.75) is 32.6 Å². The van der Waals surface area contributed by atoms with Crippen LogP contribution in [0.5, 0.6) is 0 Å². The molecule has 0 aliphatic heterocycles. The lowest BCUT2D eigenvalue weighted by atomic mass is 9.92. The van der Waals surface area contributed by atoms with Crippen molar-refractivity contribution in [1.29, 1.82) is 0 Å². The first kappa shape index (κ1) is 15.4. The molecule has 0 nitrogen and oxygen atoms in total. The van der Waals surface area contributed by atoms with E-state index >= 15 is 0 Å². The van der Waals surface area contributed by atoms with Crippen LogP contribution in [-0.2, 0) is 6.42 Å². The second-order valence-electron chi connectivity index (χ2n) is 6.54. The summed E-state index contributed by atoms with van der Waals surface area (Å²) < 4.78 is 0. The minimum Gasteiger partial charge on any atom is -0.145 e. The molecule has 0 saturated heterocycles. The van der Waals surface area contributed by atoms with E-state index in [9.17, 15) is 0 Å². The lowest BCUT2D eigenvalue weighted by Gasteiger charge is -2.13. The summed E-state index contributed by atoms with van der Waals surface area (Å²) in [6, 6.07) is 20.3. The molecule has 2 aromatic carbocycles. The highest BCUT2D eigenvalue weighted by molar-refractivity contribution is 7.12. The van der Waals surface area contributed by atoms with E-state index in [-0.39, 0.29) is 0 Å². The van der Waals surface area contributed by atoms with Crippen LogP contribution in [0.2, 0.25) is 0 Å². The molecule has 1 heteroatoms. The maximum absolute atomic E-state index is 2.35. The lowest BCUT2D eigenvalue weighted by Crippen LogP contribution is -1.94. The van der Waals surface area contributed by atoms with Crippen molar-refractivity contribution in [2.75, 3.05) is 0 Å². The molecule has 3 aromatic rings. The second kappa shape index (κ2) is 6.41. The average Bonchev–Trinajstić information content (AvgIpc) is 3.21. The largest absolute Gasteiger partial charge is 0.145 e. The Bertz CT molecular complexity index is 881. The Labute approximate surface area is 148 Å². The van der Waals surface area contributed by atoms with Gasteiger partial charge in [-0.25, -0.2) is 0 Å². The van der Waals surface area contributed by atoms with Gasteiger partial charge in [0.1, 0.15) is 0 Å². The molecular formula is C23H22S. The molecular weight excluding hydrogens is 308 g/mol. The molecule has 1 atom stereocenters. The molecule has 0 saturated carbocycles. The van der Waals surface area contributed by atoms with Gasteiger partial charge in [-0.05, 0) is 53.3 Å². The van der Waals surface area contributed by atoms with Gasteiger partial charge in [-0.3, -0.25) is 0 Å². The van der Waals surface area contributed by atoms with Crippen LogP contribution in [-0.4, -0.2) is 0 Å². The number of hydrogen-bond acceptors (Lipinski definition) is 1. The fourth-order valence-corrected chi connectivity index (χ4v) is 4.57. The number of rotatable bonds is 4. The van der Waals surface area contributed by atoms with Gasteiger partial charge in [0.15, 0.2) is 0 Å². The van der Waals surface area contributed by atoms with E-state index in [4.69, 9.17) is 0 Å². The first-order chi connectivity index (χ1) is 11.8. The minimum absolute atomic E-state index is 0.415. The summed E-state index contributed by atoms with van der Waals surface area (Å²) in [6.45, 7) is 4.41. The van der Waals surface area contributed by atoms with E-state index in [0.717, 1.165) is 6.42 Å². The van der Waals surface area contributed by atoms with E-state index < -0.39 is 0 Å². The van der Waals surface area contributed by atoms with Crippen LogP contribution in [0.4, 0.5) is 0 Å². The van der Waals surface area contributed by atoms with E-state index in [1.54, 1.807) is 0 Å². The van der Waals surface area contributed by atoms with Gasteiger partial charge in [-0.2, -0.15) is 0 Å². The molecule has 1 heterocycles. The summed E-state index contributed by atoms with van der Waals surface area (Å²) in [5.41, 5.74) is 6.92. The zero-order valence-electron chi connectivity index (χ0n) is 14.3. The number of hydrogen-bond donors (Lipinski definition) is 0. The topological polar surface area (TPSA) is 0 Å². The molecule has 1 aliphatic carbocycles. The SMILES string of the molecule is CCCc1ccc(-c2cccc3c2C=CC3c2ccc(C)s2)cc1. The van der Waals surface area contributed by atoms with Gasteiger partial charge in [-0.1, -0.05) is 68.0 Å². The summed E-state index contributed by atoms with van der Waals surface area (Å²) >= 11 is 1.91. The van der Waals surface area contributed by atoms with Crippen molar-refractivity contribution in [3.05, 3.63) is 87.1 Å². The van der Waals surface area contributed by atoms with Gasteiger partial charge in [0.2, 0.25) is 0 Å². The fourth-order valence-electron chi connectivity index (χ4n) is 3.60. The third kappa shape index (κ3) is 2.74. The average molecular weight is 330 g/mol. The Balaban J connectivity index is 1.72. The maximum Gasteiger partial charge on any atom is 0.0373 e. The standard InChI is InChI=1S/C23H22S/c1-3-5-17-9-11-18(12-10-17)19-6-4-7-20-21(19)13-14-22(20)23-15-8-16(2)24-23/h4,6-15,22H,3,5H2,1-2H3. The summed E-state index contributed by atoms with van der Waals surface area (Å²) in [4.78, 5) is 2.83. The third-order valence-corrected chi connectivity index (χ3v) is 5.89. The number of benzene rings is 2. The minimum atomic E-state index is 0.415. The number of fused-ring (bicyclic) bond motifs is 1. The molecule has 1 aromatic heterocycles. The second-order valence-corrected chi connectivity index (χ2v) is 7.86. The van der Waals surface area contributed by atoms with Crippen molar-refractivity contribution in [2.24, 2.45) is 0 Å². The Kier molecular flexibility index (Phi) is 4.12. The number of thiophene rings is 1. The van der Waals surface area contributed by atoms with Crippen LogP contribution < -0.4 is 0 Å². The molecule has 1 unspecified atom stereocenters. The van der Waals surface area contributed by atoms with Crippen LogP contribution in [0.25, 0.3) is 17.2 Å². The molecule has 0 bridgehead atoms. The summed E-state index contributed by atoms with van der Waals surface area (Å²) in [6.07, 6.45) is 7.02. The van der Waals surface area contributed by atoms with Gasteiger partial charge in [0.25, 0.3) is 0 Å². The van der Waals surface area contributed by atoms with E-state index in [1.807, 2.05) is 11.3 Å². The highest BCUT2D eigenvalue weighted by atomic mass is 32.1. The number of aryl methyl sites for hydroxylation is 2. The predicted octanol–water partition coefficient (Wildman–Crippen LogP) is 6.83. The van der Waals surface area contributed by atoms with Crippen molar-refractivity contribution >= 4 is 17.4 Å². The molecule has 0 radical (unpaired) electrons. The molecule has 1 aliphatic rings. The summed E-state index contributed by atoms with van der Waals surface area (Å²) in [5.74, 6) is 0.415. The molecule has 4 rings (SSSR count). The summed E-state index contributed by atoms with van der Waals surface area (Å²) in [5, 5.41) is 0.